The zero-order valence-electron chi connectivity index (χ0n) is 15.9. The lowest BCUT2D eigenvalue weighted by atomic mass is 9.99. The molecule has 0 spiro atoms. The van der Waals surface area contributed by atoms with Gasteiger partial charge in [-0.25, -0.2) is 4.79 Å². The highest BCUT2D eigenvalue weighted by molar-refractivity contribution is 5.94. The van der Waals surface area contributed by atoms with E-state index >= 15 is 0 Å². The lowest BCUT2D eigenvalue weighted by molar-refractivity contribution is 0.0686. The average Bonchev–Trinajstić information content (AvgIpc) is 3.24. The number of carboxylic acid groups (broad SMARTS) is 1. The summed E-state index contributed by atoms with van der Waals surface area (Å²) in [6.45, 7) is 0.149. The molecule has 0 radical (unpaired) electrons. The molecule has 0 amide bonds. The summed E-state index contributed by atoms with van der Waals surface area (Å²) in [5, 5.41) is 10.6. The van der Waals surface area contributed by atoms with Crippen molar-refractivity contribution in [2.75, 3.05) is 6.79 Å². The number of ether oxygens (including phenoxy) is 2. The van der Waals surface area contributed by atoms with E-state index in [0.29, 0.717) is 28.1 Å². The first-order valence-electron chi connectivity index (χ1n) is 9.47. The Hall–Kier alpha value is -4.06. The van der Waals surface area contributed by atoms with Gasteiger partial charge in [-0.3, -0.25) is 4.79 Å². The number of para-hydroxylation sites is 2. The van der Waals surface area contributed by atoms with Gasteiger partial charge < -0.3 is 19.1 Å². The number of pyridine rings is 1. The predicted octanol–water partition coefficient (Wildman–Crippen LogP) is 4.01. The first-order chi connectivity index (χ1) is 14.6. The number of rotatable bonds is 4. The van der Waals surface area contributed by atoms with Crippen LogP contribution in [0.1, 0.15) is 21.6 Å². The lowest BCUT2D eigenvalue weighted by Gasteiger charge is -2.18. The van der Waals surface area contributed by atoms with Crippen molar-refractivity contribution in [1.82, 2.24) is 4.57 Å². The third-order valence-corrected chi connectivity index (χ3v) is 5.21. The van der Waals surface area contributed by atoms with E-state index < -0.39 is 5.97 Å². The molecule has 1 aliphatic heterocycles. The van der Waals surface area contributed by atoms with E-state index in [0.717, 1.165) is 5.56 Å². The maximum Gasteiger partial charge on any atom is 0.353 e. The van der Waals surface area contributed by atoms with Gasteiger partial charge in [0.05, 0.1) is 5.52 Å². The van der Waals surface area contributed by atoms with Crippen molar-refractivity contribution in [2.24, 2.45) is 0 Å². The van der Waals surface area contributed by atoms with Crippen LogP contribution < -0.4 is 14.9 Å². The van der Waals surface area contributed by atoms with Crippen molar-refractivity contribution in [2.45, 2.75) is 6.42 Å². The highest BCUT2D eigenvalue weighted by Gasteiger charge is 2.24. The van der Waals surface area contributed by atoms with Gasteiger partial charge in [0.25, 0.3) is 0 Å². The summed E-state index contributed by atoms with van der Waals surface area (Å²) in [5.41, 5.74) is 1.91. The van der Waals surface area contributed by atoms with Crippen LogP contribution >= 0.6 is 0 Å². The molecule has 3 aromatic carbocycles. The Balaban J connectivity index is 1.79. The SMILES string of the molecule is O=C(O)c1c(Cc2ccc3c(c2)OCO3)c(=O)c2ccccc2n1-c1ccccc1. The first-order valence-corrected chi connectivity index (χ1v) is 9.47. The monoisotopic (exact) mass is 399 g/mol. The molecule has 1 N–H and O–H groups in total. The Kier molecular flexibility index (Phi) is 4.25. The lowest BCUT2D eigenvalue weighted by Crippen LogP contribution is -2.23. The topological polar surface area (TPSA) is 77.8 Å². The number of hydrogen-bond donors (Lipinski definition) is 1. The molecule has 0 fully saturated rings. The third-order valence-electron chi connectivity index (χ3n) is 5.21. The molecule has 0 saturated carbocycles. The number of nitrogens with zero attached hydrogens (tertiary/aromatic N) is 1. The molecule has 5 rings (SSSR count). The van der Waals surface area contributed by atoms with Gasteiger partial charge in [-0.15, -0.1) is 0 Å². The summed E-state index contributed by atoms with van der Waals surface area (Å²) in [5.74, 6) is 0.0726. The molecular formula is C24H17NO5. The van der Waals surface area contributed by atoms with Gasteiger partial charge in [0.15, 0.2) is 16.9 Å². The Labute approximate surface area is 171 Å². The number of carboxylic acids is 1. The second-order valence-electron chi connectivity index (χ2n) is 7.01. The fourth-order valence-electron chi connectivity index (χ4n) is 3.88. The first kappa shape index (κ1) is 18.0. The van der Waals surface area contributed by atoms with Crippen molar-refractivity contribution in [3.63, 3.8) is 0 Å². The van der Waals surface area contributed by atoms with E-state index in [1.165, 1.54) is 0 Å². The summed E-state index contributed by atoms with van der Waals surface area (Å²) in [6.07, 6.45) is 0.161. The van der Waals surface area contributed by atoms with Crippen molar-refractivity contribution in [1.29, 1.82) is 0 Å². The highest BCUT2D eigenvalue weighted by atomic mass is 16.7. The molecule has 6 heteroatoms. The van der Waals surface area contributed by atoms with E-state index in [1.807, 2.05) is 36.4 Å². The minimum absolute atomic E-state index is 0.0393. The van der Waals surface area contributed by atoms with Gasteiger partial charge in [0.1, 0.15) is 5.69 Å². The summed E-state index contributed by atoms with van der Waals surface area (Å²) in [6, 6.07) is 21.6. The maximum absolute atomic E-state index is 13.3. The molecule has 30 heavy (non-hydrogen) atoms. The van der Waals surface area contributed by atoms with Gasteiger partial charge in [0.2, 0.25) is 6.79 Å². The Morgan fingerprint density at radius 2 is 1.67 bits per heavy atom. The summed E-state index contributed by atoms with van der Waals surface area (Å²) < 4.78 is 12.4. The van der Waals surface area contributed by atoms with E-state index in [9.17, 15) is 14.7 Å². The van der Waals surface area contributed by atoms with Crippen molar-refractivity contribution in [3.8, 4) is 17.2 Å². The zero-order valence-corrected chi connectivity index (χ0v) is 15.9. The molecule has 0 bridgehead atoms. The Morgan fingerprint density at radius 3 is 2.47 bits per heavy atom. The van der Waals surface area contributed by atoms with Gasteiger partial charge in [0, 0.05) is 23.1 Å². The number of aromatic nitrogens is 1. The van der Waals surface area contributed by atoms with Crippen LogP contribution in [0.5, 0.6) is 11.5 Å². The number of aromatic carboxylic acids is 1. The van der Waals surface area contributed by atoms with Crippen LogP contribution in [0, 0.1) is 0 Å². The second kappa shape index (κ2) is 7.08. The molecule has 0 unspecified atom stereocenters. The van der Waals surface area contributed by atoms with Crippen LogP contribution in [0.3, 0.4) is 0 Å². The zero-order chi connectivity index (χ0) is 20.7. The van der Waals surface area contributed by atoms with E-state index in [1.54, 1.807) is 41.0 Å². The predicted molar refractivity (Wildman–Crippen MR) is 112 cm³/mol. The quantitative estimate of drug-likeness (QED) is 0.561. The van der Waals surface area contributed by atoms with Crippen molar-refractivity contribution in [3.05, 3.63) is 99.8 Å². The largest absolute Gasteiger partial charge is 0.477 e. The molecule has 2 heterocycles. The standard InChI is InChI=1S/C24H17NO5/c26-23-17-8-4-5-9-19(17)25(16-6-2-1-3-7-16)22(24(27)28)18(23)12-15-10-11-20-21(13-15)30-14-29-20/h1-11,13H,12,14H2,(H,27,28). The van der Waals surface area contributed by atoms with Crippen LogP contribution in [0.4, 0.5) is 0 Å². The van der Waals surface area contributed by atoms with Gasteiger partial charge >= 0.3 is 5.97 Å². The molecule has 148 valence electrons. The minimum atomic E-state index is -1.16. The summed E-state index contributed by atoms with van der Waals surface area (Å²) >= 11 is 0. The number of benzene rings is 3. The molecular weight excluding hydrogens is 382 g/mol. The number of carbonyl (C=O) groups is 1. The summed E-state index contributed by atoms with van der Waals surface area (Å²) in [7, 11) is 0. The molecule has 4 aromatic rings. The summed E-state index contributed by atoms with van der Waals surface area (Å²) in [4.78, 5) is 25.7. The minimum Gasteiger partial charge on any atom is -0.477 e. The third kappa shape index (κ3) is 2.90. The maximum atomic E-state index is 13.3. The molecule has 1 aromatic heterocycles. The van der Waals surface area contributed by atoms with Crippen LogP contribution in [-0.4, -0.2) is 22.4 Å². The van der Waals surface area contributed by atoms with E-state index in [-0.39, 0.29) is 29.9 Å². The van der Waals surface area contributed by atoms with Crippen LogP contribution in [0.25, 0.3) is 16.6 Å². The average molecular weight is 399 g/mol. The fraction of sp³-hybridized carbons (Fsp3) is 0.0833. The second-order valence-corrected chi connectivity index (χ2v) is 7.01. The molecule has 0 saturated heterocycles. The Bertz CT molecular complexity index is 1340. The number of hydrogen-bond acceptors (Lipinski definition) is 4. The highest BCUT2D eigenvalue weighted by Crippen LogP contribution is 2.33. The Morgan fingerprint density at radius 1 is 0.933 bits per heavy atom. The van der Waals surface area contributed by atoms with Crippen LogP contribution in [0.2, 0.25) is 0 Å². The fourth-order valence-corrected chi connectivity index (χ4v) is 3.88. The van der Waals surface area contributed by atoms with Crippen LogP contribution in [-0.2, 0) is 6.42 Å². The molecule has 0 atom stereocenters. The van der Waals surface area contributed by atoms with Gasteiger partial charge in [-0.1, -0.05) is 36.4 Å². The van der Waals surface area contributed by atoms with Gasteiger partial charge in [-0.05, 0) is 42.0 Å². The molecule has 6 nitrogen and oxygen atoms in total. The normalized spacial score (nSPS) is 12.3. The molecule has 0 aliphatic carbocycles. The van der Waals surface area contributed by atoms with Crippen LogP contribution in [0.15, 0.2) is 77.6 Å². The van der Waals surface area contributed by atoms with Crippen molar-refractivity contribution >= 4 is 16.9 Å². The van der Waals surface area contributed by atoms with Crippen molar-refractivity contribution < 1.29 is 19.4 Å². The van der Waals surface area contributed by atoms with E-state index in [2.05, 4.69) is 0 Å². The van der Waals surface area contributed by atoms with E-state index in [4.69, 9.17) is 9.47 Å². The number of fused-ring (bicyclic) bond motifs is 2. The smallest absolute Gasteiger partial charge is 0.353 e. The van der Waals surface area contributed by atoms with Gasteiger partial charge in [-0.2, -0.15) is 0 Å². The molecule has 1 aliphatic rings.